The molecule has 4 rings (SSSR count). The Hall–Kier alpha value is -2.65. The summed E-state index contributed by atoms with van der Waals surface area (Å²) in [6, 6.07) is 6.22. The van der Waals surface area contributed by atoms with Gasteiger partial charge in [-0.25, -0.2) is 0 Å². The number of nitrogens with zero attached hydrogens (tertiary/aromatic N) is 2. The smallest absolute Gasteiger partial charge is 0.250 e. The summed E-state index contributed by atoms with van der Waals surface area (Å²) in [4.78, 5) is 44.5. The Kier molecular flexibility index (Phi) is 7.90. The molecular weight excluding hydrogens is 460 g/mol. The first-order valence-corrected chi connectivity index (χ1v) is 13.4. The van der Waals surface area contributed by atoms with Crippen LogP contribution in [-0.2, 0) is 19.1 Å². The van der Waals surface area contributed by atoms with Crippen molar-refractivity contribution in [2.75, 3.05) is 36.5 Å². The Labute approximate surface area is 213 Å². The van der Waals surface area contributed by atoms with Gasteiger partial charge in [-0.05, 0) is 63.8 Å². The van der Waals surface area contributed by atoms with Crippen molar-refractivity contribution >= 4 is 29.1 Å². The number of likely N-dealkylation sites (tertiary alicyclic amines) is 1. The van der Waals surface area contributed by atoms with E-state index >= 15 is 0 Å². The molecule has 2 unspecified atom stereocenters. The molecule has 9 nitrogen and oxygen atoms in total. The zero-order valence-corrected chi connectivity index (χ0v) is 21.8. The Balaban J connectivity index is 1.64. The number of hydrogen-bond acceptors (Lipinski definition) is 6. The highest BCUT2D eigenvalue weighted by atomic mass is 16.5. The number of fused-ring (bicyclic) bond motifs is 1. The zero-order valence-electron chi connectivity index (χ0n) is 21.8. The molecule has 198 valence electrons. The second-order valence-corrected chi connectivity index (χ2v) is 10.0. The van der Waals surface area contributed by atoms with E-state index in [1.54, 1.807) is 0 Å². The molecule has 9 heteroatoms. The highest BCUT2D eigenvalue weighted by molar-refractivity contribution is 6.03. The van der Waals surface area contributed by atoms with Crippen molar-refractivity contribution in [2.45, 2.75) is 77.2 Å². The maximum absolute atomic E-state index is 13.8. The van der Waals surface area contributed by atoms with Crippen LogP contribution in [0.2, 0.25) is 0 Å². The van der Waals surface area contributed by atoms with Crippen molar-refractivity contribution in [3.8, 4) is 0 Å². The Morgan fingerprint density at radius 1 is 1.17 bits per heavy atom. The van der Waals surface area contributed by atoms with Crippen LogP contribution in [0.3, 0.4) is 0 Å². The maximum atomic E-state index is 13.8. The van der Waals surface area contributed by atoms with Crippen LogP contribution in [0.4, 0.5) is 11.4 Å². The van der Waals surface area contributed by atoms with Gasteiger partial charge in [0.1, 0.15) is 11.6 Å². The summed E-state index contributed by atoms with van der Waals surface area (Å²) >= 11 is 0. The lowest BCUT2D eigenvalue weighted by Gasteiger charge is -2.36. The first-order valence-electron chi connectivity index (χ1n) is 13.4. The lowest BCUT2D eigenvalue weighted by atomic mass is 9.70. The largest absolute Gasteiger partial charge is 0.394 e. The van der Waals surface area contributed by atoms with E-state index in [2.05, 4.69) is 29.4 Å². The molecule has 3 fully saturated rings. The minimum absolute atomic E-state index is 0.188. The molecule has 1 aromatic rings. The monoisotopic (exact) mass is 500 g/mol. The molecule has 6 atom stereocenters. The molecule has 36 heavy (non-hydrogen) atoms. The summed E-state index contributed by atoms with van der Waals surface area (Å²) in [5, 5.41) is 16.0. The van der Waals surface area contributed by atoms with E-state index in [1.165, 1.54) is 4.90 Å². The van der Waals surface area contributed by atoms with Crippen LogP contribution in [0.1, 0.15) is 53.4 Å². The van der Waals surface area contributed by atoms with Gasteiger partial charge in [0, 0.05) is 31.0 Å². The van der Waals surface area contributed by atoms with E-state index < -0.39 is 29.5 Å². The quantitative estimate of drug-likeness (QED) is 0.429. The van der Waals surface area contributed by atoms with Gasteiger partial charge < -0.3 is 30.3 Å². The second kappa shape index (κ2) is 10.8. The van der Waals surface area contributed by atoms with E-state index in [0.717, 1.165) is 25.2 Å². The van der Waals surface area contributed by atoms with Gasteiger partial charge in [0.15, 0.2) is 0 Å². The first-order chi connectivity index (χ1) is 17.4. The molecule has 0 saturated carbocycles. The number of hydrogen-bond donors (Lipinski definition) is 3. The third-order valence-electron chi connectivity index (χ3n) is 8.18. The van der Waals surface area contributed by atoms with Gasteiger partial charge in [-0.15, -0.1) is 0 Å². The fourth-order valence-electron chi connectivity index (χ4n) is 6.42. The van der Waals surface area contributed by atoms with Gasteiger partial charge in [-0.2, -0.15) is 0 Å². The molecule has 0 aliphatic carbocycles. The minimum Gasteiger partial charge on any atom is -0.394 e. The zero-order chi connectivity index (χ0) is 26.0. The molecule has 3 aliphatic heterocycles. The van der Waals surface area contributed by atoms with Crippen LogP contribution in [0.5, 0.6) is 0 Å². The molecule has 0 aromatic heterocycles. The molecule has 1 aromatic carbocycles. The molecule has 3 aliphatic rings. The van der Waals surface area contributed by atoms with E-state index in [4.69, 9.17) is 4.74 Å². The number of amides is 3. The lowest BCUT2D eigenvalue weighted by Crippen LogP contribution is -2.56. The lowest BCUT2D eigenvalue weighted by molar-refractivity contribution is -0.144. The molecule has 0 radical (unpaired) electrons. The average molecular weight is 501 g/mol. The Morgan fingerprint density at radius 2 is 1.86 bits per heavy atom. The summed E-state index contributed by atoms with van der Waals surface area (Å²) in [6.07, 6.45) is 2.06. The number of aliphatic hydroxyl groups is 1. The highest BCUT2D eigenvalue weighted by Crippen LogP contribution is 2.59. The van der Waals surface area contributed by atoms with Crippen LogP contribution >= 0.6 is 0 Å². The Bertz CT molecular complexity index is 961. The second-order valence-electron chi connectivity index (χ2n) is 10.0. The van der Waals surface area contributed by atoms with Gasteiger partial charge >= 0.3 is 0 Å². The number of benzene rings is 1. The fraction of sp³-hybridized carbons (Fsp3) is 0.667. The average Bonchev–Trinajstić information content (AvgIpc) is 3.53. The fourth-order valence-corrected chi connectivity index (χ4v) is 6.42. The summed E-state index contributed by atoms with van der Waals surface area (Å²) < 4.78 is 6.42. The van der Waals surface area contributed by atoms with E-state index in [-0.39, 0.29) is 30.4 Å². The molecule has 2 bridgehead atoms. The van der Waals surface area contributed by atoms with Crippen LogP contribution in [-0.4, -0.2) is 77.8 Å². The van der Waals surface area contributed by atoms with Gasteiger partial charge in [-0.3, -0.25) is 14.4 Å². The summed E-state index contributed by atoms with van der Waals surface area (Å²) in [5.74, 6) is -2.15. The molecule has 3 amide bonds. The topological polar surface area (TPSA) is 111 Å². The number of anilines is 2. The van der Waals surface area contributed by atoms with Crippen LogP contribution in [0, 0.1) is 11.8 Å². The predicted octanol–water partition coefficient (Wildman–Crippen LogP) is 2.14. The SMILES string of the molecule is CCCNC(=O)[C@@H]1[C@H]2C(=O)N([C@@H](CC)CO)C(C(=O)Nc3ccc(N(CC)CC)cc3)C23CC[C@H]1O3. The minimum atomic E-state index is -1.07. The number of nitrogens with one attached hydrogen (secondary N) is 2. The molecular formula is C27H40N4O5. The third kappa shape index (κ3) is 4.26. The number of carbonyl (C=O) groups is 3. The highest BCUT2D eigenvalue weighted by Gasteiger charge is 2.74. The molecule has 3 heterocycles. The van der Waals surface area contributed by atoms with Gasteiger partial charge in [0.25, 0.3) is 0 Å². The standard InChI is InChI=1S/C27H40N4O5/c1-5-15-28-24(33)21-20-13-14-27(36-20)22(21)26(35)31(18(6-2)16-32)23(27)25(34)29-17-9-11-19(12-10-17)30(7-3)8-4/h9-12,18,20-23,32H,5-8,13-16H2,1-4H3,(H,28,33)(H,29,34)/t18-,20+,21-,22-,23?,27?/m0/s1. The predicted molar refractivity (Wildman–Crippen MR) is 138 cm³/mol. The Morgan fingerprint density at radius 3 is 2.44 bits per heavy atom. The van der Waals surface area contributed by atoms with Crippen molar-refractivity contribution in [2.24, 2.45) is 11.8 Å². The van der Waals surface area contributed by atoms with Crippen molar-refractivity contribution in [1.82, 2.24) is 10.2 Å². The number of rotatable bonds is 11. The number of aliphatic hydroxyl groups excluding tert-OH is 1. The van der Waals surface area contributed by atoms with Crippen LogP contribution in [0.25, 0.3) is 0 Å². The molecule has 3 N–H and O–H groups in total. The van der Waals surface area contributed by atoms with Crippen molar-refractivity contribution < 1.29 is 24.2 Å². The van der Waals surface area contributed by atoms with Crippen molar-refractivity contribution in [1.29, 1.82) is 0 Å². The van der Waals surface area contributed by atoms with E-state index in [9.17, 15) is 19.5 Å². The van der Waals surface area contributed by atoms with Crippen LogP contribution in [0.15, 0.2) is 24.3 Å². The van der Waals surface area contributed by atoms with Crippen molar-refractivity contribution in [3.63, 3.8) is 0 Å². The van der Waals surface area contributed by atoms with E-state index in [0.29, 0.717) is 31.5 Å². The third-order valence-corrected chi connectivity index (χ3v) is 8.18. The first kappa shape index (κ1) is 26.4. The van der Waals surface area contributed by atoms with Crippen LogP contribution < -0.4 is 15.5 Å². The summed E-state index contributed by atoms with van der Waals surface area (Å²) in [6.45, 7) is 10.1. The summed E-state index contributed by atoms with van der Waals surface area (Å²) in [5.41, 5.74) is 0.633. The normalized spacial score (nSPS) is 29.2. The van der Waals surface area contributed by atoms with Gasteiger partial charge in [0.2, 0.25) is 17.7 Å². The number of ether oxygens (including phenoxy) is 1. The molecule has 3 saturated heterocycles. The molecule has 1 spiro atoms. The maximum Gasteiger partial charge on any atom is 0.250 e. The summed E-state index contributed by atoms with van der Waals surface area (Å²) in [7, 11) is 0. The number of carbonyl (C=O) groups excluding carboxylic acids is 3. The van der Waals surface area contributed by atoms with Gasteiger partial charge in [-0.1, -0.05) is 13.8 Å². The van der Waals surface area contributed by atoms with Gasteiger partial charge in [0.05, 0.1) is 30.6 Å². The van der Waals surface area contributed by atoms with E-state index in [1.807, 2.05) is 38.1 Å². The van der Waals surface area contributed by atoms with Crippen molar-refractivity contribution in [3.05, 3.63) is 24.3 Å².